The van der Waals surface area contributed by atoms with Crippen molar-refractivity contribution in [3.63, 3.8) is 0 Å². The summed E-state index contributed by atoms with van der Waals surface area (Å²) in [6.45, 7) is 2.15. The Morgan fingerprint density at radius 2 is 1.27 bits per heavy atom. The molecule has 4 aromatic carbocycles. The number of carbonyl (C=O) groups excluding carboxylic acids is 1. The second-order valence-corrected chi connectivity index (χ2v) is 9.72. The van der Waals surface area contributed by atoms with Gasteiger partial charge >= 0.3 is 6.09 Å². The van der Waals surface area contributed by atoms with Crippen LogP contribution in [-0.4, -0.2) is 19.2 Å². The number of ether oxygens (including phenoxy) is 1. The molecule has 1 amide bonds. The number of para-hydroxylation sites is 1. The molecule has 1 N–H and O–H groups in total. The Morgan fingerprint density at radius 3 is 1.81 bits per heavy atom. The number of benzene rings is 4. The smallest absolute Gasteiger partial charge is 0.410 e. The molecule has 0 bridgehead atoms. The van der Waals surface area contributed by atoms with E-state index < -0.39 is 6.09 Å². The first-order valence-electron chi connectivity index (χ1n) is 13.0. The number of nitrogens with zero attached hydrogens (tertiary/aromatic N) is 1. The lowest BCUT2D eigenvalue weighted by Gasteiger charge is -2.43. The first-order chi connectivity index (χ1) is 18.3. The molecule has 184 valence electrons. The molecule has 2 aliphatic rings. The number of nitrogens with one attached hydrogen (secondary N) is 1. The lowest BCUT2D eigenvalue weighted by molar-refractivity contribution is 0.204. The number of rotatable bonds is 5. The van der Waals surface area contributed by atoms with E-state index in [1.807, 2.05) is 24.3 Å². The third-order valence-corrected chi connectivity index (χ3v) is 7.47. The Kier molecular flexibility index (Phi) is 6.47. The van der Waals surface area contributed by atoms with E-state index in [0.717, 1.165) is 31.5 Å². The molecule has 2 atom stereocenters. The van der Waals surface area contributed by atoms with Gasteiger partial charge in [-0.25, -0.2) is 4.79 Å². The Morgan fingerprint density at radius 1 is 0.757 bits per heavy atom. The molecule has 2 aliphatic heterocycles. The van der Waals surface area contributed by atoms with Crippen molar-refractivity contribution < 1.29 is 9.53 Å². The van der Waals surface area contributed by atoms with Crippen LogP contribution in [0.4, 0.5) is 10.5 Å². The van der Waals surface area contributed by atoms with Crippen LogP contribution in [0.25, 0.3) is 6.08 Å². The highest BCUT2D eigenvalue weighted by Crippen LogP contribution is 2.48. The molecule has 0 spiro atoms. The van der Waals surface area contributed by atoms with E-state index in [0.29, 0.717) is 17.6 Å². The van der Waals surface area contributed by atoms with Gasteiger partial charge in [-0.1, -0.05) is 78.9 Å². The summed E-state index contributed by atoms with van der Waals surface area (Å²) >= 11 is 0. The topological polar surface area (TPSA) is 41.6 Å². The summed E-state index contributed by atoms with van der Waals surface area (Å²) in [6, 6.07) is 35.4. The van der Waals surface area contributed by atoms with E-state index in [-0.39, 0.29) is 0 Å². The van der Waals surface area contributed by atoms with E-state index in [4.69, 9.17) is 4.74 Å². The van der Waals surface area contributed by atoms with Crippen LogP contribution in [0.1, 0.15) is 52.5 Å². The SMILES string of the molecule is O=C(N/C=C/c1cc2c3c(c1)C(c1ccccc1)CCN3CCC2c1ccccc1)Oc1ccccc1. The van der Waals surface area contributed by atoms with Crippen LogP contribution in [0.15, 0.2) is 109 Å². The summed E-state index contributed by atoms with van der Waals surface area (Å²) in [7, 11) is 0. The number of carbonyl (C=O) groups is 1. The zero-order valence-electron chi connectivity index (χ0n) is 20.7. The average molecular weight is 487 g/mol. The van der Waals surface area contributed by atoms with Gasteiger partial charge in [-0.05, 0) is 71.0 Å². The molecule has 4 heteroatoms. The van der Waals surface area contributed by atoms with E-state index in [2.05, 4.69) is 83.0 Å². The molecule has 0 fully saturated rings. The number of hydrogen-bond donors (Lipinski definition) is 1. The number of hydrogen-bond acceptors (Lipinski definition) is 3. The lowest BCUT2D eigenvalue weighted by atomic mass is 9.76. The Hall–Kier alpha value is -4.31. The number of anilines is 1. The van der Waals surface area contributed by atoms with Gasteiger partial charge in [0, 0.05) is 36.8 Å². The Balaban J connectivity index is 1.36. The molecule has 0 radical (unpaired) electrons. The third kappa shape index (κ3) is 4.88. The van der Waals surface area contributed by atoms with Gasteiger partial charge < -0.3 is 9.64 Å². The van der Waals surface area contributed by atoms with Gasteiger partial charge in [-0.15, -0.1) is 0 Å². The van der Waals surface area contributed by atoms with Crippen molar-refractivity contribution in [1.29, 1.82) is 0 Å². The van der Waals surface area contributed by atoms with Gasteiger partial charge in [-0.2, -0.15) is 0 Å². The lowest BCUT2D eigenvalue weighted by Crippen LogP contribution is -2.37. The fraction of sp³-hybridized carbons (Fsp3) is 0.182. The highest BCUT2D eigenvalue weighted by Gasteiger charge is 2.34. The largest absolute Gasteiger partial charge is 0.416 e. The molecule has 0 saturated heterocycles. The molecular weight excluding hydrogens is 456 g/mol. The van der Waals surface area contributed by atoms with E-state index >= 15 is 0 Å². The van der Waals surface area contributed by atoms with Crippen molar-refractivity contribution in [3.8, 4) is 5.75 Å². The van der Waals surface area contributed by atoms with Gasteiger partial charge in [-0.3, -0.25) is 5.32 Å². The van der Waals surface area contributed by atoms with Crippen LogP contribution in [0.5, 0.6) is 5.75 Å². The molecule has 2 heterocycles. The second-order valence-electron chi connectivity index (χ2n) is 9.72. The highest BCUT2D eigenvalue weighted by molar-refractivity contribution is 5.74. The maximum Gasteiger partial charge on any atom is 0.416 e. The van der Waals surface area contributed by atoms with Crippen molar-refractivity contribution >= 4 is 17.9 Å². The van der Waals surface area contributed by atoms with Crippen molar-refractivity contribution in [2.45, 2.75) is 24.7 Å². The van der Waals surface area contributed by atoms with Crippen LogP contribution in [0.3, 0.4) is 0 Å². The summed E-state index contributed by atoms with van der Waals surface area (Å²) < 4.78 is 5.35. The van der Waals surface area contributed by atoms with Crippen LogP contribution >= 0.6 is 0 Å². The van der Waals surface area contributed by atoms with E-state index in [1.165, 1.54) is 27.9 Å². The Labute approximate surface area is 218 Å². The molecule has 0 saturated carbocycles. The second kappa shape index (κ2) is 10.4. The minimum Gasteiger partial charge on any atom is -0.410 e. The number of amides is 1. The van der Waals surface area contributed by atoms with Gasteiger partial charge in [0.25, 0.3) is 0 Å². The minimum absolute atomic E-state index is 0.352. The standard InChI is InChI=1S/C33H30N2O2/c36-33(37-27-14-8-3-9-15-27)34-19-16-24-22-30-28(25-10-4-1-5-11-25)17-20-35-21-18-29(31(23-24)32(30)35)26-12-6-2-7-13-26/h1-16,19,22-23,28-29H,17-18,20-21H2,(H,34,36)/b19-16+. The van der Waals surface area contributed by atoms with Crippen molar-refractivity contribution in [2.75, 3.05) is 18.0 Å². The molecular formula is C33H30N2O2. The molecule has 2 unspecified atom stereocenters. The first-order valence-corrected chi connectivity index (χ1v) is 13.0. The summed E-state index contributed by atoms with van der Waals surface area (Å²) in [5, 5.41) is 2.75. The summed E-state index contributed by atoms with van der Waals surface area (Å²) in [5.41, 5.74) is 7.95. The molecule has 0 aliphatic carbocycles. The third-order valence-electron chi connectivity index (χ3n) is 7.47. The fourth-order valence-corrected chi connectivity index (χ4v) is 5.81. The van der Waals surface area contributed by atoms with E-state index in [9.17, 15) is 4.79 Å². The zero-order chi connectivity index (χ0) is 25.0. The fourth-order valence-electron chi connectivity index (χ4n) is 5.81. The average Bonchev–Trinajstić information content (AvgIpc) is 2.95. The Bertz CT molecular complexity index is 1330. The predicted molar refractivity (Wildman–Crippen MR) is 149 cm³/mol. The van der Waals surface area contributed by atoms with Crippen LogP contribution in [-0.2, 0) is 0 Å². The van der Waals surface area contributed by atoms with Gasteiger partial charge in [0.1, 0.15) is 5.75 Å². The van der Waals surface area contributed by atoms with Gasteiger partial charge in [0.05, 0.1) is 0 Å². The molecule has 6 rings (SSSR count). The van der Waals surface area contributed by atoms with Crippen molar-refractivity contribution in [3.05, 3.63) is 137 Å². The van der Waals surface area contributed by atoms with Gasteiger partial charge in [0.2, 0.25) is 0 Å². The summed E-state index contributed by atoms with van der Waals surface area (Å²) in [4.78, 5) is 14.9. The van der Waals surface area contributed by atoms with E-state index in [1.54, 1.807) is 18.3 Å². The molecule has 4 nitrogen and oxygen atoms in total. The maximum absolute atomic E-state index is 12.3. The maximum atomic E-state index is 12.3. The first kappa shape index (κ1) is 23.1. The van der Waals surface area contributed by atoms with Crippen molar-refractivity contribution in [1.82, 2.24) is 5.32 Å². The van der Waals surface area contributed by atoms with Crippen molar-refractivity contribution in [2.24, 2.45) is 0 Å². The highest BCUT2D eigenvalue weighted by atomic mass is 16.5. The molecule has 0 aromatic heterocycles. The summed E-state index contributed by atoms with van der Waals surface area (Å²) in [5.74, 6) is 1.22. The monoisotopic (exact) mass is 486 g/mol. The zero-order valence-corrected chi connectivity index (χ0v) is 20.7. The normalized spacial score (nSPS) is 18.3. The summed E-state index contributed by atoms with van der Waals surface area (Å²) in [6.07, 6.45) is 5.35. The predicted octanol–water partition coefficient (Wildman–Crippen LogP) is 7.32. The minimum atomic E-state index is -0.503. The van der Waals surface area contributed by atoms with Gasteiger partial charge in [0.15, 0.2) is 0 Å². The van der Waals surface area contributed by atoms with Crippen LogP contribution < -0.4 is 15.0 Å². The molecule has 4 aromatic rings. The molecule has 37 heavy (non-hydrogen) atoms. The van der Waals surface area contributed by atoms with Crippen LogP contribution in [0, 0.1) is 0 Å². The quantitative estimate of drug-likeness (QED) is 0.321. The van der Waals surface area contributed by atoms with Crippen LogP contribution in [0.2, 0.25) is 0 Å².